The molecule has 24 heavy (non-hydrogen) atoms. The monoisotopic (exact) mass is 350 g/mol. The molecular formula is C19H30N2O2S. The lowest BCUT2D eigenvalue weighted by Crippen LogP contribution is -2.40. The maximum atomic E-state index is 12.3. The summed E-state index contributed by atoms with van der Waals surface area (Å²) in [6.07, 6.45) is 10.6. The number of rotatable bonds is 7. The molecule has 1 aromatic rings. The second-order valence-corrected chi connectivity index (χ2v) is 8.46. The first-order valence-corrected chi connectivity index (χ1v) is 10.5. The summed E-state index contributed by atoms with van der Waals surface area (Å²) in [6, 6.07) is 3.95. The number of furan rings is 1. The summed E-state index contributed by atoms with van der Waals surface area (Å²) in [5.74, 6) is 2.53. The van der Waals surface area contributed by atoms with Crippen molar-refractivity contribution in [1.29, 1.82) is 0 Å². The molecule has 0 atom stereocenters. The quantitative estimate of drug-likeness (QED) is 0.762. The van der Waals surface area contributed by atoms with Gasteiger partial charge in [0.15, 0.2) is 0 Å². The molecule has 5 heteroatoms. The molecule has 0 aromatic carbocycles. The lowest BCUT2D eigenvalue weighted by atomic mass is 9.96. The molecule has 1 N–H and O–H groups in total. The highest BCUT2D eigenvalue weighted by Gasteiger charge is 2.25. The molecule has 0 unspecified atom stereocenters. The van der Waals surface area contributed by atoms with Crippen molar-refractivity contribution < 1.29 is 9.21 Å². The minimum Gasteiger partial charge on any atom is -0.468 e. The molecule has 1 aromatic heterocycles. The van der Waals surface area contributed by atoms with Crippen LogP contribution in [0, 0.1) is 5.92 Å². The van der Waals surface area contributed by atoms with E-state index in [0.29, 0.717) is 0 Å². The predicted molar refractivity (Wildman–Crippen MR) is 99.0 cm³/mol. The van der Waals surface area contributed by atoms with Crippen LogP contribution >= 0.6 is 11.8 Å². The van der Waals surface area contributed by atoms with Gasteiger partial charge in [-0.2, -0.15) is 11.8 Å². The number of carbonyl (C=O) groups excluding carboxylic acids is 1. The maximum Gasteiger partial charge on any atom is 0.223 e. The lowest BCUT2D eigenvalue weighted by Gasteiger charge is -2.30. The van der Waals surface area contributed by atoms with Gasteiger partial charge in [0.1, 0.15) is 5.76 Å². The standard InChI is InChI=1S/C19H30N2O2S/c22-19(20-10-14-24-18-6-2-1-3-7-18)16-8-11-21(12-9-16)15-17-5-4-13-23-17/h4-5,13,16,18H,1-3,6-12,14-15H2,(H,20,22). The zero-order chi connectivity index (χ0) is 16.6. The van der Waals surface area contributed by atoms with E-state index in [9.17, 15) is 4.79 Å². The molecule has 1 amide bonds. The second-order valence-electron chi connectivity index (χ2n) is 7.05. The summed E-state index contributed by atoms with van der Waals surface area (Å²) >= 11 is 2.06. The van der Waals surface area contributed by atoms with Gasteiger partial charge in [-0.1, -0.05) is 19.3 Å². The van der Waals surface area contributed by atoms with E-state index in [2.05, 4.69) is 22.0 Å². The third kappa shape index (κ3) is 5.55. The van der Waals surface area contributed by atoms with Crippen LogP contribution in [0.25, 0.3) is 0 Å². The van der Waals surface area contributed by atoms with Crippen molar-refractivity contribution in [1.82, 2.24) is 10.2 Å². The first-order valence-electron chi connectivity index (χ1n) is 9.45. The maximum absolute atomic E-state index is 12.3. The van der Waals surface area contributed by atoms with Gasteiger partial charge in [-0.05, 0) is 50.9 Å². The number of piperidine rings is 1. The minimum absolute atomic E-state index is 0.192. The van der Waals surface area contributed by atoms with Crippen molar-refractivity contribution >= 4 is 17.7 Å². The van der Waals surface area contributed by atoms with Crippen LogP contribution in [0.5, 0.6) is 0 Å². The molecule has 3 rings (SSSR count). The molecule has 2 heterocycles. The number of hydrogen-bond donors (Lipinski definition) is 1. The summed E-state index contributed by atoms with van der Waals surface area (Å²) in [5, 5.41) is 3.99. The van der Waals surface area contributed by atoms with E-state index in [1.807, 2.05) is 12.1 Å². The zero-order valence-electron chi connectivity index (χ0n) is 14.5. The summed E-state index contributed by atoms with van der Waals surface area (Å²) in [6.45, 7) is 3.65. The van der Waals surface area contributed by atoms with Crippen molar-refractivity contribution in [2.45, 2.75) is 56.7 Å². The van der Waals surface area contributed by atoms with Crippen LogP contribution in [-0.2, 0) is 11.3 Å². The average Bonchev–Trinajstić information content (AvgIpc) is 3.13. The first-order chi connectivity index (χ1) is 11.8. The van der Waals surface area contributed by atoms with Crippen molar-refractivity contribution in [2.75, 3.05) is 25.4 Å². The number of nitrogens with zero attached hydrogens (tertiary/aromatic N) is 1. The lowest BCUT2D eigenvalue weighted by molar-refractivity contribution is -0.126. The van der Waals surface area contributed by atoms with Crippen LogP contribution in [0.2, 0.25) is 0 Å². The Morgan fingerprint density at radius 2 is 2.00 bits per heavy atom. The van der Waals surface area contributed by atoms with E-state index >= 15 is 0 Å². The highest BCUT2D eigenvalue weighted by molar-refractivity contribution is 7.99. The molecule has 0 radical (unpaired) electrons. The number of amides is 1. The van der Waals surface area contributed by atoms with Crippen LogP contribution in [0.3, 0.4) is 0 Å². The molecule has 1 aliphatic carbocycles. The Labute approximate surface area is 149 Å². The highest BCUT2D eigenvalue weighted by atomic mass is 32.2. The largest absolute Gasteiger partial charge is 0.468 e. The summed E-state index contributed by atoms with van der Waals surface area (Å²) in [4.78, 5) is 14.7. The fraction of sp³-hybridized carbons (Fsp3) is 0.737. The predicted octanol–water partition coefficient (Wildman–Crippen LogP) is 3.67. The van der Waals surface area contributed by atoms with Crippen molar-refractivity contribution in [3.8, 4) is 0 Å². The van der Waals surface area contributed by atoms with Gasteiger partial charge < -0.3 is 9.73 Å². The Balaban J connectivity index is 1.27. The van der Waals surface area contributed by atoms with E-state index in [1.54, 1.807) is 6.26 Å². The van der Waals surface area contributed by atoms with Crippen LogP contribution in [-0.4, -0.2) is 41.4 Å². The Bertz CT molecular complexity index is 478. The fourth-order valence-electron chi connectivity index (χ4n) is 3.75. The molecule has 0 spiro atoms. The van der Waals surface area contributed by atoms with Gasteiger partial charge in [0, 0.05) is 23.5 Å². The van der Waals surface area contributed by atoms with Crippen LogP contribution in [0.1, 0.15) is 50.7 Å². The molecule has 1 saturated heterocycles. The average molecular weight is 351 g/mol. The second kappa shape index (κ2) is 9.52. The number of carbonyl (C=O) groups is 1. The van der Waals surface area contributed by atoms with E-state index in [0.717, 1.165) is 55.8 Å². The third-order valence-corrected chi connectivity index (χ3v) is 6.61. The highest BCUT2D eigenvalue weighted by Crippen LogP contribution is 2.27. The first kappa shape index (κ1) is 17.9. The van der Waals surface area contributed by atoms with E-state index in [1.165, 1.54) is 32.1 Å². The van der Waals surface area contributed by atoms with Crippen LogP contribution in [0.4, 0.5) is 0 Å². The van der Waals surface area contributed by atoms with Crippen molar-refractivity contribution in [2.24, 2.45) is 5.92 Å². The Hall–Kier alpha value is -0.940. The van der Waals surface area contributed by atoms with Crippen LogP contribution < -0.4 is 5.32 Å². The summed E-state index contributed by atoms with van der Waals surface area (Å²) in [7, 11) is 0. The number of hydrogen-bond acceptors (Lipinski definition) is 4. The third-order valence-electron chi connectivity index (χ3n) is 5.22. The van der Waals surface area contributed by atoms with E-state index in [4.69, 9.17) is 4.42 Å². The molecule has 2 aliphatic rings. The van der Waals surface area contributed by atoms with Gasteiger partial charge in [0.05, 0.1) is 12.8 Å². The molecule has 4 nitrogen and oxygen atoms in total. The van der Waals surface area contributed by atoms with Gasteiger partial charge in [0.2, 0.25) is 5.91 Å². The van der Waals surface area contributed by atoms with Gasteiger partial charge in [-0.15, -0.1) is 0 Å². The van der Waals surface area contributed by atoms with Gasteiger partial charge in [-0.3, -0.25) is 9.69 Å². The molecule has 1 aliphatic heterocycles. The van der Waals surface area contributed by atoms with Gasteiger partial charge >= 0.3 is 0 Å². The number of thioether (sulfide) groups is 1. The Kier molecular flexibility index (Phi) is 7.09. The van der Waals surface area contributed by atoms with E-state index < -0.39 is 0 Å². The Morgan fingerprint density at radius 3 is 2.71 bits per heavy atom. The molecule has 134 valence electrons. The minimum atomic E-state index is 0.192. The Morgan fingerprint density at radius 1 is 1.21 bits per heavy atom. The van der Waals surface area contributed by atoms with Gasteiger partial charge in [-0.25, -0.2) is 0 Å². The number of nitrogens with one attached hydrogen (secondary N) is 1. The van der Waals surface area contributed by atoms with Crippen molar-refractivity contribution in [3.63, 3.8) is 0 Å². The van der Waals surface area contributed by atoms with E-state index in [-0.39, 0.29) is 11.8 Å². The zero-order valence-corrected chi connectivity index (χ0v) is 15.4. The molecule has 1 saturated carbocycles. The van der Waals surface area contributed by atoms with Crippen molar-refractivity contribution in [3.05, 3.63) is 24.2 Å². The summed E-state index contributed by atoms with van der Waals surface area (Å²) in [5.41, 5.74) is 0. The fourth-order valence-corrected chi connectivity index (χ4v) is 4.97. The SMILES string of the molecule is O=C(NCCSC1CCCCC1)C1CCN(Cc2ccco2)CC1. The van der Waals surface area contributed by atoms with Crippen LogP contribution in [0.15, 0.2) is 22.8 Å². The normalized spacial score (nSPS) is 21.0. The topological polar surface area (TPSA) is 45.5 Å². The summed E-state index contributed by atoms with van der Waals surface area (Å²) < 4.78 is 5.40. The molecule has 0 bridgehead atoms. The number of likely N-dealkylation sites (tertiary alicyclic amines) is 1. The molecule has 2 fully saturated rings. The van der Waals surface area contributed by atoms with Gasteiger partial charge in [0.25, 0.3) is 0 Å². The smallest absolute Gasteiger partial charge is 0.223 e. The molecular weight excluding hydrogens is 320 g/mol.